The molecule has 0 bridgehead atoms. The number of aliphatic hydroxyl groups excluding tert-OH is 2. The van der Waals surface area contributed by atoms with Crippen LogP contribution in [0.1, 0.15) is 13.3 Å². The third-order valence-corrected chi connectivity index (χ3v) is 2.74. The summed E-state index contributed by atoms with van der Waals surface area (Å²) in [5.74, 6) is 0.486. The largest absolute Gasteiger partial charge is 0.394 e. The van der Waals surface area contributed by atoms with E-state index in [4.69, 9.17) is 10.8 Å². The van der Waals surface area contributed by atoms with Crippen LogP contribution in [0.4, 0.5) is 0 Å². The molecule has 13 heavy (non-hydrogen) atoms. The van der Waals surface area contributed by atoms with Crippen molar-refractivity contribution in [1.29, 1.82) is 0 Å². The van der Waals surface area contributed by atoms with Crippen LogP contribution in [-0.2, 0) is 0 Å². The van der Waals surface area contributed by atoms with Crippen molar-refractivity contribution in [3.05, 3.63) is 0 Å². The van der Waals surface area contributed by atoms with E-state index in [0.29, 0.717) is 18.5 Å². The topological polar surface area (TPSA) is 69.7 Å². The van der Waals surface area contributed by atoms with Gasteiger partial charge in [0.25, 0.3) is 0 Å². The van der Waals surface area contributed by atoms with Crippen LogP contribution >= 0.6 is 0 Å². The second-order valence-electron chi connectivity index (χ2n) is 4.03. The lowest BCUT2D eigenvalue weighted by Gasteiger charge is -2.35. The fraction of sp³-hybridized carbons (Fsp3) is 1.00. The molecule has 3 unspecified atom stereocenters. The van der Waals surface area contributed by atoms with E-state index in [1.165, 1.54) is 0 Å². The lowest BCUT2D eigenvalue weighted by Crippen LogP contribution is -2.48. The summed E-state index contributed by atoms with van der Waals surface area (Å²) in [4.78, 5) is 2.16. The Balaban J connectivity index is 2.29. The van der Waals surface area contributed by atoms with Crippen molar-refractivity contribution in [2.45, 2.75) is 25.5 Å². The van der Waals surface area contributed by atoms with Gasteiger partial charge in [-0.2, -0.15) is 0 Å². The predicted molar refractivity (Wildman–Crippen MR) is 51.3 cm³/mol. The second-order valence-corrected chi connectivity index (χ2v) is 4.03. The molecule has 1 fully saturated rings. The molecule has 0 aromatic heterocycles. The van der Waals surface area contributed by atoms with E-state index in [1.54, 1.807) is 0 Å². The summed E-state index contributed by atoms with van der Waals surface area (Å²) in [7, 11) is 0. The Morgan fingerprint density at radius 2 is 2.31 bits per heavy atom. The lowest BCUT2D eigenvalue weighted by atomic mass is 9.95. The van der Waals surface area contributed by atoms with E-state index in [9.17, 15) is 5.11 Å². The van der Waals surface area contributed by atoms with Crippen molar-refractivity contribution < 1.29 is 10.2 Å². The van der Waals surface area contributed by atoms with Crippen LogP contribution in [0.5, 0.6) is 0 Å². The summed E-state index contributed by atoms with van der Waals surface area (Å²) in [6.45, 7) is 4.40. The van der Waals surface area contributed by atoms with Gasteiger partial charge in [-0.25, -0.2) is 0 Å². The van der Waals surface area contributed by atoms with Gasteiger partial charge in [-0.3, -0.25) is 0 Å². The highest BCUT2D eigenvalue weighted by Gasteiger charge is 2.23. The number of nitrogens with two attached hydrogens (primary N) is 1. The first-order chi connectivity index (χ1) is 6.13. The maximum absolute atomic E-state index is 9.24. The summed E-state index contributed by atoms with van der Waals surface area (Å²) in [5.41, 5.74) is 5.87. The Kier molecular flexibility index (Phi) is 4.12. The highest BCUT2D eigenvalue weighted by atomic mass is 16.3. The van der Waals surface area contributed by atoms with E-state index in [2.05, 4.69) is 11.8 Å². The van der Waals surface area contributed by atoms with E-state index < -0.39 is 6.10 Å². The zero-order valence-corrected chi connectivity index (χ0v) is 8.19. The number of hydrogen-bond acceptors (Lipinski definition) is 4. The van der Waals surface area contributed by atoms with Gasteiger partial charge in [0.2, 0.25) is 0 Å². The fourth-order valence-corrected chi connectivity index (χ4v) is 1.77. The number of hydrogen-bond donors (Lipinski definition) is 3. The Labute approximate surface area is 79.3 Å². The molecule has 1 heterocycles. The smallest absolute Gasteiger partial charge is 0.0897 e. The number of β-amino-alcohol motifs (C(OH)–C–C–N with tert-alkyl or cyclic N) is 1. The van der Waals surface area contributed by atoms with Gasteiger partial charge in [0, 0.05) is 19.1 Å². The average molecular weight is 188 g/mol. The van der Waals surface area contributed by atoms with Crippen LogP contribution in [-0.4, -0.2) is 53.5 Å². The molecule has 0 aromatic rings. The third-order valence-electron chi connectivity index (χ3n) is 2.74. The molecule has 78 valence electrons. The number of rotatable bonds is 3. The quantitative estimate of drug-likeness (QED) is 0.532. The number of piperidine rings is 1. The van der Waals surface area contributed by atoms with Crippen LogP contribution in [0.25, 0.3) is 0 Å². The number of aliphatic hydroxyl groups is 2. The molecule has 1 aliphatic heterocycles. The van der Waals surface area contributed by atoms with Crippen LogP contribution in [0.3, 0.4) is 0 Å². The van der Waals surface area contributed by atoms with Crippen molar-refractivity contribution in [1.82, 2.24) is 4.90 Å². The molecule has 0 saturated carbocycles. The monoisotopic (exact) mass is 188 g/mol. The fourth-order valence-electron chi connectivity index (χ4n) is 1.77. The van der Waals surface area contributed by atoms with Crippen molar-refractivity contribution in [3.8, 4) is 0 Å². The first-order valence-electron chi connectivity index (χ1n) is 4.90. The van der Waals surface area contributed by atoms with E-state index in [1.807, 2.05) is 0 Å². The standard InChI is InChI=1S/C9H20N2O2/c1-7-4-11(3-2-9(7)10)5-8(13)6-12/h7-9,12-13H,2-6,10H2,1H3. The van der Waals surface area contributed by atoms with Gasteiger partial charge in [-0.1, -0.05) is 6.92 Å². The van der Waals surface area contributed by atoms with Gasteiger partial charge in [-0.15, -0.1) is 0 Å². The Morgan fingerprint density at radius 3 is 2.85 bits per heavy atom. The SMILES string of the molecule is CC1CN(CC(O)CO)CCC1N. The van der Waals surface area contributed by atoms with Gasteiger partial charge in [-0.05, 0) is 18.9 Å². The minimum absolute atomic E-state index is 0.156. The van der Waals surface area contributed by atoms with Crippen LogP contribution < -0.4 is 5.73 Å². The van der Waals surface area contributed by atoms with Gasteiger partial charge in [0.1, 0.15) is 0 Å². The van der Waals surface area contributed by atoms with Crippen LogP contribution in [0.15, 0.2) is 0 Å². The van der Waals surface area contributed by atoms with Crippen molar-refractivity contribution in [3.63, 3.8) is 0 Å². The van der Waals surface area contributed by atoms with Crippen molar-refractivity contribution in [2.24, 2.45) is 11.7 Å². The molecular formula is C9H20N2O2. The third kappa shape index (κ3) is 3.23. The Bertz CT molecular complexity index is 153. The molecule has 1 rings (SSSR count). The minimum atomic E-state index is -0.610. The normalized spacial score (nSPS) is 33.2. The van der Waals surface area contributed by atoms with Gasteiger partial charge < -0.3 is 20.8 Å². The highest BCUT2D eigenvalue weighted by molar-refractivity contribution is 4.80. The van der Waals surface area contributed by atoms with E-state index in [0.717, 1.165) is 19.5 Å². The predicted octanol–water partition coefficient (Wildman–Crippen LogP) is -0.991. The van der Waals surface area contributed by atoms with Crippen molar-refractivity contribution >= 4 is 0 Å². The molecular weight excluding hydrogens is 168 g/mol. The first-order valence-corrected chi connectivity index (χ1v) is 4.90. The summed E-state index contributed by atoms with van der Waals surface area (Å²) < 4.78 is 0. The summed E-state index contributed by atoms with van der Waals surface area (Å²) >= 11 is 0. The molecule has 1 aliphatic rings. The molecule has 4 heteroatoms. The van der Waals surface area contributed by atoms with Gasteiger partial charge in [0.05, 0.1) is 12.7 Å². The summed E-state index contributed by atoms with van der Waals surface area (Å²) in [5, 5.41) is 17.9. The second kappa shape index (κ2) is 4.91. The molecule has 0 aromatic carbocycles. The molecule has 0 radical (unpaired) electrons. The first kappa shape index (κ1) is 10.9. The molecule has 0 amide bonds. The molecule has 1 saturated heterocycles. The average Bonchev–Trinajstić information content (AvgIpc) is 2.11. The molecule has 0 aliphatic carbocycles. The molecule has 4 nitrogen and oxygen atoms in total. The van der Waals surface area contributed by atoms with Gasteiger partial charge in [0.15, 0.2) is 0 Å². The maximum atomic E-state index is 9.24. The van der Waals surface area contributed by atoms with E-state index >= 15 is 0 Å². The van der Waals surface area contributed by atoms with Crippen LogP contribution in [0.2, 0.25) is 0 Å². The molecule has 3 atom stereocenters. The van der Waals surface area contributed by atoms with Crippen LogP contribution in [0, 0.1) is 5.92 Å². The molecule has 4 N–H and O–H groups in total. The summed E-state index contributed by atoms with van der Waals surface area (Å²) in [6.07, 6.45) is 0.376. The number of likely N-dealkylation sites (tertiary alicyclic amines) is 1. The zero-order valence-electron chi connectivity index (χ0n) is 8.19. The summed E-state index contributed by atoms with van der Waals surface area (Å²) in [6, 6.07) is 0.294. The number of nitrogens with zero attached hydrogens (tertiary/aromatic N) is 1. The lowest BCUT2D eigenvalue weighted by molar-refractivity contribution is 0.0429. The minimum Gasteiger partial charge on any atom is -0.394 e. The van der Waals surface area contributed by atoms with Crippen molar-refractivity contribution in [2.75, 3.05) is 26.2 Å². The Hall–Kier alpha value is -0.160. The van der Waals surface area contributed by atoms with E-state index in [-0.39, 0.29) is 6.61 Å². The zero-order chi connectivity index (χ0) is 9.84. The molecule has 0 spiro atoms. The maximum Gasteiger partial charge on any atom is 0.0897 e. The highest BCUT2D eigenvalue weighted by Crippen LogP contribution is 2.14. The van der Waals surface area contributed by atoms with Gasteiger partial charge >= 0.3 is 0 Å². The Morgan fingerprint density at radius 1 is 1.62 bits per heavy atom.